The zero-order valence-corrected chi connectivity index (χ0v) is 12.3. The lowest BCUT2D eigenvalue weighted by molar-refractivity contribution is -0.142. The smallest absolute Gasteiger partial charge is 0.326 e. The summed E-state index contributed by atoms with van der Waals surface area (Å²) in [5.74, 6) is -1.67. The van der Waals surface area contributed by atoms with Gasteiger partial charge in [-0.15, -0.1) is 0 Å². The van der Waals surface area contributed by atoms with Gasteiger partial charge in [0, 0.05) is 19.5 Å². The quantitative estimate of drug-likeness (QED) is 0.535. The van der Waals surface area contributed by atoms with Gasteiger partial charge in [-0.2, -0.15) is 0 Å². The zero-order valence-electron chi connectivity index (χ0n) is 12.3. The monoisotopic (exact) mass is 301 g/mol. The van der Waals surface area contributed by atoms with Crippen LogP contribution in [0.15, 0.2) is 0 Å². The Bertz CT molecular complexity index is 369. The van der Waals surface area contributed by atoms with E-state index < -0.39 is 24.0 Å². The molecule has 1 aliphatic rings. The summed E-state index contributed by atoms with van der Waals surface area (Å²) >= 11 is 0. The Kier molecular flexibility index (Phi) is 7.52. The van der Waals surface area contributed by atoms with Crippen molar-refractivity contribution < 1.29 is 24.2 Å². The number of carboxylic acid groups (broad SMARTS) is 1. The van der Waals surface area contributed by atoms with Crippen molar-refractivity contribution in [1.82, 2.24) is 15.5 Å². The molecule has 1 heterocycles. The number of rotatable bonds is 8. The van der Waals surface area contributed by atoms with Crippen LogP contribution in [0.5, 0.6) is 0 Å². The van der Waals surface area contributed by atoms with Gasteiger partial charge < -0.3 is 25.4 Å². The molecule has 0 spiro atoms. The Labute approximate surface area is 123 Å². The van der Waals surface area contributed by atoms with Crippen molar-refractivity contribution in [3.8, 4) is 0 Å². The fourth-order valence-electron chi connectivity index (χ4n) is 2.16. The number of esters is 1. The van der Waals surface area contributed by atoms with Crippen LogP contribution in [0, 0.1) is 0 Å². The second kappa shape index (κ2) is 9.17. The van der Waals surface area contributed by atoms with Gasteiger partial charge in [0.15, 0.2) is 0 Å². The molecule has 0 aromatic heterocycles. The molecule has 120 valence electrons. The number of nitrogens with one attached hydrogen (secondary N) is 2. The van der Waals surface area contributed by atoms with Gasteiger partial charge in [-0.25, -0.2) is 9.59 Å². The number of urea groups is 1. The number of hydrogen-bond acceptors (Lipinski definition) is 5. The van der Waals surface area contributed by atoms with Crippen molar-refractivity contribution in [2.75, 3.05) is 33.3 Å². The molecular weight excluding hydrogens is 278 g/mol. The molecule has 8 heteroatoms. The SMILES string of the molecule is COC(=O)CC[C@@H](NC(=O)NCCN1CCCC1)C(=O)O. The number of carbonyl (C=O) groups is 3. The van der Waals surface area contributed by atoms with E-state index in [9.17, 15) is 14.4 Å². The van der Waals surface area contributed by atoms with Gasteiger partial charge in [-0.05, 0) is 32.4 Å². The summed E-state index contributed by atoms with van der Waals surface area (Å²) in [7, 11) is 1.23. The van der Waals surface area contributed by atoms with E-state index in [2.05, 4.69) is 20.3 Å². The van der Waals surface area contributed by atoms with Gasteiger partial charge in [0.25, 0.3) is 0 Å². The van der Waals surface area contributed by atoms with Gasteiger partial charge >= 0.3 is 18.0 Å². The molecule has 0 aromatic rings. The molecule has 8 nitrogen and oxygen atoms in total. The van der Waals surface area contributed by atoms with E-state index in [0.29, 0.717) is 6.54 Å². The minimum absolute atomic E-state index is 0.00154. The van der Waals surface area contributed by atoms with Crippen LogP contribution in [0.4, 0.5) is 4.79 Å². The van der Waals surface area contributed by atoms with Crippen molar-refractivity contribution in [3.05, 3.63) is 0 Å². The third-order valence-corrected chi connectivity index (χ3v) is 3.38. The van der Waals surface area contributed by atoms with Gasteiger partial charge in [0.1, 0.15) is 6.04 Å². The Balaban J connectivity index is 2.24. The molecular formula is C13H23N3O5. The first-order valence-electron chi connectivity index (χ1n) is 7.09. The highest BCUT2D eigenvalue weighted by Gasteiger charge is 2.21. The maximum Gasteiger partial charge on any atom is 0.326 e. The Morgan fingerprint density at radius 2 is 1.95 bits per heavy atom. The summed E-state index contributed by atoms with van der Waals surface area (Å²) in [6.07, 6.45) is 2.31. The molecule has 1 aliphatic heterocycles. The Morgan fingerprint density at radius 1 is 1.29 bits per heavy atom. The van der Waals surface area contributed by atoms with Crippen molar-refractivity contribution >= 4 is 18.0 Å². The fourth-order valence-corrected chi connectivity index (χ4v) is 2.16. The Hall–Kier alpha value is -1.83. The standard InChI is InChI=1S/C13H23N3O5/c1-21-11(17)5-4-10(12(18)19)15-13(20)14-6-9-16-7-2-3-8-16/h10H,2-9H2,1H3,(H,18,19)(H2,14,15,20)/t10-/m1/s1. The predicted molar refractivity (Wildman–Crippen MR) is 74.9 cm³/mol. The van der Waals surface area contributed by atoms with Gasteiger partial charge in [0.05, 0.1) is 7.11 Å². The van der Waals surface area contributed by atoms with Crippen molar-refractivity contribution in [2.24, 2.45) is 0 Å². The highest BCUT2D eigenvalue weighted by Crippen LogP contribution is 2.05. The summed E-state index contributed by atoms with van der Waals surface area (Å²) in [4.78, 5) is 35.9. The summed E-state index contributed by atoms with van der Waals surface area (Å²) < 4.78 is 4.44. The molecule has 1 fully saturated rings. The van der Waals surface area contributed by atoms with Crippen LogP contribution < -0.4 is 10.6 Å². The molecule has 1 rings (SSSR count). The number of ether oxygens (including phenoxy) is 1. The summed E-state index contributed by atoms with van der Waals surface area (Å²) in [5.41, 5.74) is 0. The van der Waals surface area contributed by atoms with Crippen LogP contribution in [0.3, 0.4) is 0 Å². The number of carboxylic acids is 1. The van der Waals surface area contributed by atoms with Crippen LogP contribution >= 0.6 is 0 Å². The molecule has 2 amide bonds. The van der Waals surface area contributed by atoms with Crippen LogP contribution in [-0.2, 0) is 14.3 Å². The number of likely N-dealkylation sites (tertiary alicyclic amines) is 1. The summed E-state index contributed by atoms with van der Waals surface area (Å²) in [6.45, 7) is 3.31. The second-order valence-corrected chi connectivity index (χ2v) is 4.95. The number of nitrogens with zero attached hydrogens (tertiary/aromatic N) is 1. The average molecular weight is 301 g/mol. The van der Waals surface area contributed by atoms with Crippen molar-refractivity contribution in [2.45, 2.75) is 31.7 Å². The number of carbonyl (C=O) groups excluding carboxylic acids is 2. The Morgan fingerprint density at radius 3 is 2.52 bits per heavy atom. The van der Waals surface area contributed by atoms with Crippen LogP contribution in [-0.4, -0.2) is 67.3 Å². The third kappa shape index (κ3) is 6.94. The van der Waals surface area contributed by atoms with E-state index in [0.717, 1.165) is 19.6 Å². The minimum atomic E-state index is -1.17. The fraction of sp³-hybridized carbons (Fsp3) is 0.769. The molecule has 0 aliphatic carbocycles. The minimum Gasteiger partial charge on any atom is -0.480 e. The highest BCUT2D eigenvalue weighted by molar-refractivity contribution is 5.83. The first kappa shape index (κ1) is 17.2. The predicted octanol–water partition coefficient (Wildman–Crippen LogP) is -0.212. The molecule has 0 radical (unpaired) electrons. The van der Waals surface area contributed by atoms with E-state index >= 15 is 0 Å². The van der Waals surface area contributed by atoms with Gasteiger partial charge in [-0.1, -0.05) is 0 Å². The lowest BCUT2D eigenvalue weighted by atomic mass is 10.1. The van der Waals surface area contributed by atoms with Gasteiger partial charge in [-0.3, -0.25) is 4.79 Å². The number of amides is 2. The number of methoxy groups -OCH3 is 1. The molecule has 1 atom stereocenters. The third-order valence-electron chi connectivity index (χ3n) is 3.38. The number of aliphatic carboxylic acids is 1. The molecule has 0 unspecified atom stereocenters. The van der Waals surface area contributed by atoms with E-state index in [1.165, 1.54) is 20.0 Å². The van der Waals surface area contributed by atoms with E-state index in [1.54, 1.807) is 0 Å². The lowest BCUT2D eigenvalue weighted by Gasteiger charge is -2.17. The van der Waals surface area contributed by atoms with E-state index in [1.807, 2.05) is 0 Å². The van der Waals surface area contributed by atoms with Gasteiger partial charge in [0.2, 0.25) is 0 Å². The van der Waals surface area contributed by atoms with Crippen LogP contribution in [0.1, 0.15) is 25.7 Å². The van der Waals surface area contributed by atoms with Crippen LogP contribution in [0.2, 0.25) is 0 Å². The van der Waals surface area contributed by atoms with Crippen molar-refractivity contribution in [3.63, 3.8) is 0 Å². The topological polar surface area (TPSA) is 108 Å². The highest BCUT2D eigenvalue weighted by atomic mass is 16.5. The summed E-state index contributed by atoms with van der Waals surface area (Å²) in [5, 5.41) is 14.0. The molecule has 0 saturated carbocycles. The zero-order chi connectivity index (χ0) is 15.7. The first-order valence-corrected chi connectivity index (χ1v) is 7.09. The molecule has 21 heavy (non-hydrogen) atoms. The first-order chi connectivity index (χ1) is 10.0. The average Bonchev–Trinajstić information content (AvgIpc) is 2.95. The maximum atomic E-state index is 11.6. The maximum absolute atomic E-state index is 11.6. The molecule has 1 saturated heterocycles. The molecule has 0 bridgehead atoms. The van der Waals surface area contributed by atoms with E-state index in [4.69, 9.17) is 5.11 Å². The molecule has 0 aromatic carbocycles. The van der Waals surface area contributed by atoms with Crippen molar-refractivity contribution in [1.29, 1.82) is 0 Å². The number of hydrogen-bond donors (Lipinski definition) is 3. The summed E-state index contributed by atoms with van der Waals surface area (Å²) in [6, 6.07) is -1.64. The largest absolute Gasteiger partial charge is 0.480 e. The second-order valence-electron chi connectivity index (χ2n) is 4.95. The lowest BCUT2D eigenvalue weighted by Crippen LogP contribution is -2.47. The normalized spacial score (nSPS) is 16.2. The molecule has 3 N–H and O–H groups in total. The van der Waals surface area contributed by atoms with E-state index in [-0.39, 0.29) is 12.8 Å². The van der Waals surface area contributed by atoms with Crippen LogP contribution in [0.25, 0.3) is 0 Å².